The molecule has 2 aromatic rings. The predicted octanol–water partition coefficient (Wildman–Crippen LogP) is 2.34. The first-order valence-electron chi connectivity index (χ1n) is 9.54. The summed E-state index contributed by atoms with van der Waals surface area (Å²) < 4.78 is 20.4. The highest BCUT2D eigenvalue weighted by atomic mass is 19.1. The Morgan fingerprint density at radius 3 is 2.44 bits per heavy atom. The molecule has 0 saturated carbocycles. The van der Waals surface area contributed by atoms with Gasteiger partial charge in [0.15, 0.2) is 0 Å². The summed E-state index contributed by atoms with van der Waals surface area (Å²) in [5.41, 5.74) is 0.699. The average molecular weight is 376 g/mol. The summed E-state index contributed by atoms with van der Waals surface area (Å²) in [6.07, 6.45) is 3.36. The number of aromatic nitrogens is 2. The topological polar surface area (TPSA) is 70.6 Å². The third kappa shape index (κ3) is 3.34. The molecule has 27 heavy (non-hydrogen) atoms. The first kappa shape index (κ1) is 18.0. The lowest BCUT2D eigenvalue weighted by Gasteiger charge is -2.41. The number of ether oxygens (including phenoxy) is 1. The second-order valence-electron chi connectivity index (χ2n) is 7.39. The van der Waals surface area contributed by atoms with Crippen LogP contribution in [0, 0.1) is 5.82 Å². The summed E-state index contributed by atoms with van der Waals surface area (Å²) in [5.74, 6) is -0.391. The number of nitrogens with one attached hydrogen (secondary N) is 1. The van der Waals surface area contributed by atoms with Crippen molar-refractivity contribution < 1.29 is 13.9 Å². The molecule has 0 radical (unpaired) electrons. The van der Waals surface area contributed by atoms with Crippen molar-refractivity contribution in [3.8, 4) is 0 Å². The van der Waals surface area contributed by atoms with Gasteiger partial charge in [-0.25, -0.2) is 14.0 Å². The van der Waals surface area contributed by atoms with E-state index >= 15 is 0 Å². The lowest BCUT2D eigenvalue weighted by atomic mass is 9.97. The molecule has 8 heteroatoms. The molecule has 0 spiro atoms. The average Bonchev–Trinajstić information content (AvgIpc) is 3.05. The van der Waals surface area contributed by atoms with E-state index in [0.717, 1.165) is 51.9 Å². The van der Waals surface area contributed by atoms with Crippen LogP contribution in [0.3, 0.4) is 0 Å². The van der Waals surface area contributed by atoms with Crippen LogP contribution in [-0.4, -0.2) is 64.8 Å². The smallest absolute Gasteiger partial charge is 0.409 e. The fourth-order valence-electron chi connectivity index (χ4n) is 4.53. The molecule has 3 heterocycles. The number of nitrogens with zero attached hydrogens (tertiary/aromatic N) is 3. The van der Waals surface area contributed by atoms with Gasteiger partial charge in [0.2, 0.25) is 0 Å². The van der Waals surface area contributed by atoms with E-state index in [0.29, 0.717) is 17.1 Å². The molecule has 0 unspecified atom stereocenters. The van der Waals surface area contributed by atoms with E-state index < -0.39 is 5.82 Å². The van der Waals surface area contributed by atoms with Gasteiger partial charge in [0.25, 0.3) is 0 Å². The molecule has 1 aromatic carbocycles. The van der Waals surface area contributed by atoms with Crippen molar-refractivity contribution in [1.29, 1.82) is 0 Å². The van der Waals surface area contributed by atoms with Crippen LogP contribution in [-0.2, 0) is 4.74 Å². The highest BCUT2D eigenvalue weighted by molar-refractivity contribution is 5.75. The Bertz CT molecular complexity index is 877. The third-order valence-corrected chi connectivity index (χ3v) is 5.98. The second kappa shape index (κ2) is 7.34. The molecule has 2 fully saturated rings. The minimum absolute atomic E-state index is 0.0828. The van der Waals surface area contributed by atoms with Gasteiger partial charge in [-0.05, 0) is 37.8 Å². The number of piperidine rings is 2. The molecule has 7 nitrogen and oxygen atoms in total. The minimum Gasteiger partial charge on any atom is -0.453 e. The van der Waals surface area contributed by atoms with E-state index in [1.807, 2.05) is 0 Å². The molecule has 1 N–H and O–H groups in total. The Hall–Kier alpha value is -2.35. The van der Waals surface area contributed by atoms with Crippen LogP contribution < -0.4 is 5.69 Å². The van der Waals surface area contributed by atoms with Crippen molar-refractivity contribution in [3.05, 3.63) is 34.5 Å². The fourth-order valence-corrected chi connectivity index (χ4v) is 4.53. The molecule has 2 aliphatic rings. The molecule has 0 atom stereocenters. The highest BCUT2D eigenvalue weighted by Crippen LogP contribution is 2.28. The van der Waals surface area contributed by atoms with Gasteiger partial charge in [0, 0.05) is 38.3 Å². The van der Waals surface area contributed by atoms with E-state index in [4.69, 9.17) is 4.74 Å². The van der Waals surface area contributed by atoms with E-state index in [-0.39, 0.29) is 17.8 Å². The standard InChI is InChI=1S/C19H25FN4O3/c1-27-19(26)23-11-5-13(6-12-23)22-9-7-14(8-10-22)24-16-4-2-3-15(20)17(16)21-18(24)25/h2-4,13-14H,5-12H2,1H3,(H,21,25). The Balaban J connectivity index is 1.40. The number of imidazole rings is 1. The maximum atomic E-state index is 13.9. The summed E-state index contributed by atoms with van der Waals surface area (Å²) in [5, 5.41) is 0. The summed E-state index contributed by atoms with van der Waals surface area (Å²) in [4.78, 5) is 30.9. The van der Waals surface area contributed by atoms with Crippen LogP contribution in [0.15, 0.2) is 23.0 Å². The van der Waals surface area contributed by atoms with Crippen molar-refractivity contribution in [2.75, 3.05) is 33.3 Å². The number of likely N-dealkylation sites (tertiary alicyclic amines) is 2. The van der Waals surface area contributed by atoms with Gasteiger partial charge < -0.3 is 19.5 Å². The molecule has 1 aromatic heterocycles. The first-order chi connectivity index (χ1) is 13.1. The molecule has 146 valence electrons. The van der Waals surface area contributed by atoms with Crippen molar-refractivity contribution in [2.24, 2.45) is 0 Å². The number of carbonyl (C=O) groups is 1. The number of benzene rings is 1. The van der Waals surface area contributed by atoms with Crippen LogP contribution in [0.2, 0.25) is 0 Å². The number of aromatic amines is 1. The molecule has 0 bridgehead atoms. The van der Waals surface area contributed by atoms with Gasteiger partial charge >= 0.3 is 11.8 Å². The van der Waals surface area contributed by atoms with Crippen molar-refractivity contribution in [1.82, 2.24) is 19.4 Å². The summed E-state index contributed by atoms with van der Waals surface area (Å²) in [6, 6.07) is 5.35. The lowest BCUT2D eigenvalue weighted by molar-refractivity contribution is 0.0686. The summed E-state index contributed by atoms with van der Waals surface area (Å²) in [7, 11) is 1.41. The Kier molecular flexibility index (Phi) is 4.90. The molecule has 4 rings (SSSR count). The van der Waals surface area contributed by atoms with E-state index in [1.165, 1.54) is 13.2 Å². The zero-order valence-corrected chi connectivity index (χ0v) is 15.5. The molecular weight excluding hydrogens is 351 g/mol. The number of H-pyrrole nitrogens is 1. The molecule has 2 aliphatic heterocycles. The lowest BCUT2D eigenvalue weighted by Crippen LogP contribution is -2.49. The van der Waals surface area contributed by atoms with Crippen LogP contribution in [0.25, 0.3) is 11.0 Å². The van der Waals surface area contributed by atoms with Crippen molar-refractivity contribution in [2.45, 2.75) is 37.8 Å². The van der Waals surface area contributed by atoms with Crippen LogP contribution >= 0.6 is 0 Å². The largest absolute Gasteiger partial charge is 0.453 e. The number of rotatable bonds is 2. The summed E-state index contributed by atoms with van der Waals surface area (Å²) in [6.45, 7) is 3.25. The number of hydrogen-bond donors (Lipinski definition) is 1. The molecule has 1 amide bonds. The summed E-state index contributed by atoms with van der Waals surface area (Å²) >= 11 is 0. The van der Waals surface area contributed by atoms with Gasteiger partial charge in [-0.1, -0.05) is 6.07 Å². The number of carbonyl (C=O) groups excluding carboxylic acids is 1. The molecule has 2 saturated heterocycles. The second-order valence-corrected chi connectivity index (χ2v) is 7.39. The number of hydrogen-bond acceptors (Lipinski definition) is 4. The first-order valence-corrected chi connectivity index (χ1v) is 9.54. The third-order valence-electron chi connectivity index (χ3n) is 5.98. The number of para-hydroxylation sites is 1. The SMILES string of the molecule is COC(=O)N1CCC(N2CCC(n3c(=O)[nH]c4c(F)cccc43)CC2)CC1. The van der Waals surface area contributed by atoms with Gasteiger partial charge in [-0.2, -0.15) is 0 Å². The normalized spacial score (nSPS) is 20.3. The van der Waals surface area contributed by atoms with Gasteiger partial charge in [-0.15, -0.1) is 0 Å². The maximum Gasteiger partial charge on any atom is 0.409 e. The zero-order valence-electron chi connectivity index (χ0n) is 15.5. The number of fused-ring (bicyclic) bond motifs is 1. The van der Waals surface area contributed by atoms with Gasteiger partial charge in [0.1, 0.15) is 11.3 Å². The Morgan fingerprint density at radius 2 is 1.78 bits per heavy atom. The van der Waals surface area contributed by atoms with E-state index in [9.17, 15) is 14.0 Å². The highest BCUT2D eigenvalue weighted by Gasteiger charge is 2.31. The number of amides is 1. The monoisotopic (exact) mass is 376 g/mol. The van der Waals surface area contributed by atoms with Crippen LogP contribution in [0.4, 0.5) is 9.18 Å². The molecular formula is C19H25FN4O3. The fraction of sp³-hybridized carbons (Fsp3) is 0.579. The minimum atomic E-state index is -0.391. The zero-order chi connectivity index (χ0) is 19.0. The Morgan fingerprint density at radius 1 is 1.11 bits per heavy atom. The quantitative estimate of drug-likeness (QED) is 0.873. The van der Waals surface area contributed by atoms with Crippen LogP contribution in [0.1, 0.15) is 31.7 Å². The van der Waals surface area contributed by atoms with Crippen molar-refractivity contribution >= 4 is 17.1 Å². The van der Waals surface area contributed by atoms with Gasteiger partial charge in [-0.3, -0.25) is 4.57 Å². The van der Waals surface area contributed by atoms with Gasteiger partial charge in [0.05, 0.1) is 12.6 Å². The van der Waals surface area contributed by atoms with Crippen LogP contribution in [0.5, 0.6) is 0 Å². The molecule has 0 aliphatic carbocycles. The number of methoxy groups -OCH3 is 1. The number of halogens is 1. The maximum absolute atomic E-state index is 13.9. The Labute approximate surface area is 156 Å². The van der Waals surface area contributed by atoms with Crippen molar-refractivity contribution in [3.63, 3.8) is 0 Å². The van der Waals surface area contributed by atoms with E-state index in [2.05, 4.69) is 9.88 Å². The van der Waals surface area contributed by atoms with E-state index in [1.54, 1.807) is 21.6 Å². The predicted molar refractivity (Wildman–Crippen MR) is 99.4 cm³/mol.